The zero-order valence-electron chi connectivity index (χ0n) is 17.9. The van der Waals surface area contributed by atoms with Crippen LogP contribution in [0.15, 0.2) is 29.3 Å². The third kappa shape index (κ3) is 10.7. The minimum Gasteiger partial charge on any atom is -0.444 e. The molecule has 1 heterocycles. The first-order chi connectivity index (χ1) is 13.4. The van der Waals surface area contributed by atoms with E-state index in [0.717, 1.165) is 50.6 Å². The summed E-state index contributed by atoms with van der Waals surface area (Å²) in [7, 11) is 1.78. The largest absolute Gasteiger partial charge is 0.444 e. The molecule has 0 aromatic heterocycles. The van der Waals surface area contributed by atoms with Crippen LogP contribution in [0.4, 0.5) is 10.5 Å². The number of aliphatic imine (C=N–C) groups is 1. The molecule has 1 aromatic rings. The summed E-state index contributed by atoms with van der Waals surface area (Å²) in [6.07, 6.45) is 4.14. The number of halogens is 1. The Morgan fingerprint density at radius 1 is 1.21 bits per heavy atom. The highest BCUT2D eigenvalue weighted by Crippen LogP contribution is 2.14. The number of rotatable bonds is 7. The molecule has 0 spiro atoms. The number of hydrogen-bond acceptors (Lipinski definition) is 4. The van der Waals surface area contributed by atoms with Crippen LogP contribution in [0, 0.1) is 0 Å². The number of benzene rings is 1. The van der Waals surface area contributed by atoms with Crippen LogP contribution < -0.4 is 16.0 Å². The fraction of sp³-hybridized carbons (Fsp3) is 0.619. The minimum atomic E-state index is -0.508. The van der Waals surface area contributed by atoms with Gasteiger partial charge in [0.25, 0.3) is 0 Å². The van der Waals surface area contributed by atoms with E-state index in [1.807, 2.05) is 45.0 Å². The van der Waals surface area contributed by atoms with Crippen molar-refractivity contribution >= 4 is 41.7 Å². The number of nitrogens with zero attached hydrogens (tertiary/aromatic N) is 1. The maximum Gasteiger partial charge on any atom is 0.412 e. The quantitative estimate of drug-likeness (QED) is 0.290. The fourth-order valence-electron chi connectivity index (χ4n) is 2.95. The molecule has 29 heavy (non-hydrogen) atoms. The van der Waals surface area contributed by atoms with Crippen molar-refractivity contribution in [3.05, 3.63) is 29.8 Å². The minimum absolute atomic E-state index is 0. The molecular weight excluding hydrogens is 483 g/mol. The molecule has 3 N–H and O–H groups in total. The van der Waals surface area contributed by atoms with Gasteiger partial charge in [0, 0.05) is 32.4 Å². The van der Waals surface area contributed by atoms with Crippen molar-refractivity contribution < 1.29 is 14.3 Å². The molecule has 1 saturated heterocycles. The second kappa shape index (κ2) is 12.9. The summed E-state index contributed by atoms with van der Waals surface area (Å²) in [5, 5.41) is 9.39. The molecule has 2 rings (SSSR count). The van der Waals surface area contributed by atoms with E-state index in [9.17, 15) is 4.79 Å². The van der Waals surface area contributed by atoms with Crippen LogP contribution in [0.2, 0.25) is 0 Å². The van der Waals surface area contributed by atoms with Gasteiger partial charge < -0.3 is 20.1 Å². The van der Waals surface area contributed by atoms with Gasteiger partial charge in [-0.2, -0.15) is 0 Å². The molecule has 0 bridgehead atoms. The number of amides is 1. The topological polar surface area (TPSA) is 84.0 Å². The summed E-state index contributed by atoms with van der Waals surface area (Å²) in [6.45, 7) is 8.05. The molecule has 1 atom stereocenters. The molecule has 7 nitrogen and oxygen atoms in total. The Labute approximate surface area is 191 Å². The maximum absolute atomic E-state index is 11.8. The summed E-state index contributed by atoms with van der Waals surface area (Å²) >= 11 is 0. The molecule has 0 radical (unpaired) electrons. The number of carbonyl (C=O) groups excluding carboxylic acids is 1. The van der Waals surface area contributed by atoms with Gasteiger partial charge in [-0.05, 0) is 64.2 Å². The summed E-state index contributed by atoms with van der Waals surface area (Å²) in [6, 6.07) is 7.77. The summed E-state index contributed by atoms with van der Waals surface area (Å²) in [4.78, 5) is 16.0. The van der Waals surface area contributed by atoms with E-state index >= 15 is 0 Å². The van der Waals surface area contributed by atoms with Gasteiger partial charge in [0.05, 0.1) is 6.10 Å². The average Bonchev–Trinajstić information content (AvgIpc) is 3.13. The molecule has 1 amide bonds. The van der Waals surface area contributed by atoms with Gasteiger partial charge in [0.1, 0.15) is 5.60 Å². The zero-order valence-corrected chi connectivity index (χ0v) is 20.2. The molecule has 1 aliphatic rings. The van der Waals surface area contributed by atoms with Crippen molar-refractivity contribution in [2.24, 2.45) is 4.99 Å². The first-order valence-corrected chi connectivity index (χ1v) is 10.0. The number of guanidine groups is 1. The van der Waals surface area contributed by atoms with Gasteiger partial charge in [-0.1, -0.05) is 12.1 Å². The SMILES string of the molecule is CN=C(NCCc1ccc(NC(=O)OC(C)(C)C)cc1)NCCC1CCCO1.I. The summed E-state index contributed by atoms with van der Waals surface area (Å²) < 4.78 is 10.9. The molecule has 0 saturated carbocycles. The normalized spacial score (nSPS) is 16.7. The first kappa shape index (κ1) is 25.5. The Hall–Kier alpha value is -1.55. The van der Waals surface area contributed by atoms with Crippen LogP contribution in [0.1, 0.15) is 45.6 Å². The number of ether oxygens (including phenoxy) is 2. The van der Waals surface area contributed by atoms with Crippen LogP contribution >= 0.6 is 24.0 Å². The van der Waals surface area contributed by atoms with Crippen LogP contribution in [0.5, 0.6) is 0 Å². The monoisotopic (exact) mass is 518 g/mol. The standard InChI is InChI=1S/C21H34N4O3.HI/c1-21(2,3)28-20(26)25-17-9-7-16(8-10-17)11-13-23-19(22-4)24-14-12-18-6-5-15-27-18;/h7-10,18H,5-6,11-15H2,1-4H3,(H,25,26)(H2,22,23,24);1H. The van der Waals surface area contributed by atoms with Crippen LogP contribution in [0.25, 0.3) is 0 Å². The van der Waals surface area contributed by atoms with Crippen molar-refractivity contribution in [2.75, 3.05) is 32.1 Å². The Bertz CT molecular complexity index is 638. The fourth-order valence-corrected chi connectivity index (χ4v) is 2.95. The van der Waals surface area contributed by atoms with Crippen molar-refractivity contribution in [2.45, 2.75) is 58.2 Å². The van der Waals surface area contributed by atoms with E-state index in [1.54, 1.807) is 7.05 Å². The lowest BCUT2D eigenvalue weighted by Gasteiger charge is -2.19. The van der Waals surface area contributed by atoms with Gasteiger partial charge in [-0.3, -0.25) is 10.3 Å². The number of hydrogen-bond donors (Lipinski definition) is 3. The highest BCUT2D eigenvalue weighted by molar-refractivity contribution is 14.0. The Morgan fingerprint density at radius 3 is 2.48 bits per heavy atom. The first-order valence-electron chi connectivity index (χ1n) is 10.0. The molecule has 164 valence electrons. The predicted octanol–water partition coefficient (Wildman–Crippen LogP) is 3.93. The Morgan fingerprint density at radius 2 is 1.90 bits per heavy atom. The molecule has 8 heteroatoms. The second-order valence-electron chi connectivity index (χ2n) is 7.92. The number of anilines is 1. The third-order valence-electron chi connectivity index (χ3n) is 4.31. The van der Waals surface area contributed by atoms with Gasteiger partial charge in [-0.25, -0.2) is 4.79 Å². The molecule has 1 aromatic carbocycles. The van der Waals surface area contributed by atoms with Gasteiger partial charge in [0.2, 0.25) is 0 Å². The maximum atomic E-state index is 11.8. The number of nitrogens with one attached hydrogen (secondary N) is 3. The van der Waals surface area contributed by atoms with Crippen LogP contribution in [-0.2, 0) is 15.9 Å². The third-order valence-corrected chi connectivity index (χ3v) is 4.31. The highest BCUT2D eigenvalue weighted by Gasteiger charge is 2.16. The summed E-state index contributed by atoms with van der Waals surface area (Å²) in [5.74, 6) is 0.807. The van der Waals surface area contributed by atoms with Gasteiger partial charge in [-0.15, -0.1) is 24.0 Å². The molecular formula is C21H35IN4O3. The summed E-state index contributed by atoms with van der Waals surface area (Å²) in [5.41, 5.74) is 1.39. The van der Waals surface area contributed by atoms with E-state index < -0.39 is 11.7 Å². The predicted molar refractivity (Wildman–Crippen MR) is 128 cm³/mol. The van der Waals surface area contributed by atoms with E-state index in [-0.39, 0.29) is 24.0 Å². The van der Waals surface area contributed by atoms with Gasteiger partial charge >= 0.3 is 6.09 Å². The zero-order chi connectivity index (χ0) is 20.4. The second-order valence-corrected chi connectivity index (χ2v) is 7.92. The molecule has 0 aliphatic carbocycles. The van der Waals surface area contributed by atoms with Crippen molar-refractivity contribution in [3.63, 3.8) is 0 Å². The van der Waals surface area contributed by atoms with Crippen molar-refractivity contribution in [1.82, 2.24) is 10.6 Å². The van der Waals surface area contributed by atoms with E-state index in [4.69, 9.17) is 9.47 Å². The Kier molecular flexibility index (Phi) is 11.3. The van der Waals surface area contributed by atoms with Gasteiger partial charge in [0.15, 0.2) is 5.96 Å². The van der Waals surface area contributed by atoms with E-state index in [0.29, 0.717) is 6.10 Å². The average molecular weight is 518 g/mol. The lowest BCUT2D eigenvalue weighted by atomic mass is 10.1. The lowest BCUT2D eigenvalue weighted by molar-refractivity contribution is 0.0636. The van der Waals surface area contributed by atoms with Crippen molar-refractivity contribution in [3.8, 4) is 0 Å². The molecule has 1 unspecified atom stereocenters. The van der Waals surface area contributed by atoms with Crippen molar-refractivity contribution in [1.29, 1.82) is 0 Å². The smallest absolute Gasteiger partial charge is 0.412 e. The molecule has 1 aliphatic heterocycles. The van der Waals surface area contributed by atoms with E-state index in [1.165, 1.54) is 12.0 Å². The van der Waals surface area contributed by atoms with Crippen LogP contribution in [-0.4, -0.2) is 50.5 Å². The molecule has 1 fully saturated rings. The lowest BCUT2D eigenvalue weighted by Crippen LogP contribution is -2.39. The Balaban J connectivity index is 0.00000420. The number of carbonyl (C=O) groups is 1. The van der Waals surface area contributed by atoms with E-state index in [2.05, 4.69) is 20.9 Å². The highest BCUT2D eigenvalue weighted by atomic mass is 127. The van der Waals surface area contributed by atoms with Crippen LogP contribution in [0.3, 0.4) is 0 Å².